The van der Waals surface area contributed by atoms with Crippen LogP contribution < -0.4 is 0 Å². The quantitative estimate of drug-likeness (QED) is 0.415. The van der Waals surface area contributed by atoms with Crippen molar-refractivity contribution >= 4 is 11.8 Å². The molecule has 0 aromatic carbocycles. The normalized spacial score (nSPS) is 29.0. The second kappa shape index (κ2) is 1.97. The van der Waals surface area contributed by atoms with Crippen LogP contribution in [0, 0.1) is 0 Å². The maximum atomic E-state index is 10.9. The number of carbonyl (C=O) groups is 2. The molecule has 2 rings (SSSR count). The minimum absolute atomic E-state index is 0.000926. The van der Waals surface area contributed by atoms with Crippen molar-refractivity contribution in [3.8, 4) is 0 Å². The third-order valence-electron chi connectivity index (χ3n) is 2.09. The van der Waals surface area contributed by atoms with Crippen molar-refractivity contribution in [2.45, 2.75) is 12.3 Å². The standard InChI is InChI=1S/C8H8N2O2/c1-3-5(11)9-7-8(9)10(7)6(12)4-2/h3-4,7-8H,1-2H2. The Bertz CT molecular complexity index is 259. The van der Waals surface area contributed by atoms with E-state index in [9.17, 15) is 9.59 Å². The van der Waals surface area contributed by atoms with Gasteiger partial charge in [0.2, 0.25) is 11.8 Å². The van der Waals surface area contributed by atoms with Gasteiger partial charge in [0, 0.05) is 0 Å². The number of rotatable bonds is 2. The molecule has 62 valence electrons. The highest BCUT2D eigenvalue weighted by Crippen LogP contribution is 2.50. The maximum absolute atomic E-state index is 10.9. The fourth-order valence-electron chi connectivity index (χ4n) is 1.34. The van der Waals surface area contributed by atoms with E-state index in [1.54, 1.807) is 9.80 Å². The van der Waals surface area contributed by atoms with Gasteiger partial charge in [0.15, 0.2) is 12.3 Å². The van der Waals surface area contributed by atoms with Crippen molar-refractivity contribution in [3.05, 3.63) is 25.3 Å². The Morgan fingerprint density at radius 2 is 1.33 bits per heavy atom. The van der Waals surface area contributed by atoms with E-state index in [2.05, 4.69) is 13.2 Å². The molecule has 0 aliphatic carbocycles. The molecule has 0 aromatic rings. The summed E-state index contributed by atoms with van der Waals surface area (Å²) in [5.74, 6) is -0.226. The molecule has 2 aliphatic heterocycles. The zero-order valence-corrected chi connectivity index (χ0v) is 6.43. The number of hydrogen-bond donors (Lipinski definition) is 0. The number of amides is 2. The van der Waals surface area contributed by atoms with Crippen LogP contribution in [-0.4, -0.2) is 33.9 Å². The van der Waals surface area contributed by atoms with E-state index in [4.69, 9.17) is 0 Å². The van der Waals surface area contributed by atoms with Crippen molar-refractivity contribution in [1.82, 2.24) is 9.80 Å². The number of nitrogens with zero attached hydrogens (tertiary/aromatic N) is 2. The van der Waals surface area contributed by atoms with Gasteiger partial charge in [-0.05, 0) is 12.2 Å². The van der Waals surface area contributed by atoms with Crippen LogP contribution in [0.2, 0.25) is 0 Å². The average molecular weight is 164 g/mol. The van der Waals surface area contributed by atoms with E-state index in [0.29, 0.717) is 0 Å². The summed E-state index contributed by atoms with van der Waals surface area (Å²) in [4.78, 5) is 25.0. The molecule has 2 saturated heterocycles. The summed E-state index contributed by atoms with van der Waals surface area (Å²) in [6.07, 6.45) is 2.51. The third-order valence-corrected chi connectivity index (χ3v) is 2.09. The van der Waals surface area contributed by atoms with E-state index in [0.717, 1.165) is 0 Å². The molecule has 0 radical (unpaired) electrons. The average Bonchev–Trinajstić information content (AvgIpc) is 2.91. The predicted molar refractivity (Wildman–Crippen MR) is 41.7 cm³/mol. The number of fused-ring (bicyclic) bond motifs is 1. The van der Waals surface area contributed by atoms with Crippen LogP contribution in [0.4, 0.5) is 0 Å². The van der Waals surface area contributed by atoms with Gasteiger partial charge in [0.25, 0.3) is 0 Å². The number of carbonyl (C=O) groups excluding carboxylic acids is 2. The molecule has 0 saturated carbocycles. The van der Waals surface area contributed by atoms with E-state index in [-0.39, 0.29) is 24.1 Å². The summed E-state index contributed by atoms with van der Waals surface area (Å²) in [5, 5.41) is 0. The summed E-state index contributed by atoms with van der Waals surface area (Å²) < 4.78 is 0. The summed E-state index contributed by atoms with van der Waals surface area (Å²) in [6, 6.07) is 0. The van der Waals surface area contributed by atoms with E-state index in [1.165, 1.54) is 12.2 Å². The first-order valence-corrected chi connectivity index (χ1v) is 3.62. The summed E-state index contributed by atoms with van der Waals surface area (Å²) in [5.41, 5.74) is 0. The Morgan fingerprint density at radius 1 is 1.00 bits per heavy atom. The lowest BCUT2D eigenvalue weighted by atomic mass is 10.5. The van der Waals surface area contributed by atoms with Crippen molar-refractivity contribution in [2.24, 2.45) is 0 Å². The minimum atomic E-state index is -0.113. The van der Waals surface area contributed by atoms with Gasteiger partial charge >= 0.3 is 0 Å². The first-order chi connectivity index (χ1) is 5.72. The molecule has 0 spiro atoms. The molecule has 4 heteroatoms. The molecule has 0 aromatic heterocycles. The van der Waals surface area contributed by atoms with Gasteiger partial charge in [-0.2, -0.15) is 0 Å². The lowest BCUT2D eigenvalue weighted by Gasteiger charge is -2.14. The molecular formula is C8H8N2O2. The Balaban J connectivity index is 1.90. The number of hydrogen-bond acceptors (Lipinski definition) is 2. The Kier molecular flexibility index (Phi) is 1.16. The topological polar surface area (TPSA) is 40.2 Å². The van der Waals surface area contributed by atoms with Crippen LogP contribution in [-0.2, 0) is 9.59 Å². The molecule has 2 fully saturated rings. The molecule has 0 unspecified atom stereocenters. The van der Waals surface area contributed by atoms with Crippen LogP contribution in [0.25, 0.3) is 0 Å². The molecule has 2 aliphatic rings. The molecule has 0 N–H and O–H groups in total. The van der Waals surface area contributed by atoms with Crippen LogP contribution in [0.15, 0.2) is 25.3 Å². The monoisotopic (exact) mass is 164 g/mol. The van der Waals surface area contributed by atoms with Crippen molar-refractivity contribution < 1.29 is 9.59 Å². The third kappa shape index (κ3) is 0.664. The van der Waals surface area contributed by atoms with E-state index >= 15 is 0 Å². The zero-order chi connectivity index (χ0) is 8.88. The Labute approximate surface area is 69.7 Å². The SMILES string of the molecule is C=CC(=O)N1C2C1N2C(=O)C=C. The van der Waals surface area contributed by atoms with Gasteiger partial charge in [0.1, 0.15) is 0 Å². The highest BCUT2D eigenvalue weighted by molar-refractivity contribution is 5.97. The first kappa shape index (κ1) is 7.09. The molecule has 0 atom stereocenters. The first-order valence-electron chi connectivity index (χ1n) is 3.62. The van der Waals surface area contributed by atoms with Crippen molar-refractivity contribution in [2.75, 3.05) is 0 Å². The summed E-state index contributed by atoms with van der Waals surface area (Å²) in [6.45, 7) is 6.70. The van der Waals surface area contributed by atoms with Crippen LogP contribution in [0.5, 0.6) is 0 Å². The lowest BCUT2D eigenvalue weighted by Crippen LogP contribution is -2.32. The molecule has 12 heavy (non-hydrogen) atoms. The van der Waals surface area contributed by atoms with Crippen molar-refractivity contribution in [3.63, 3.8) is 0 Å². The molecule has 0 bridgehead atoms. The molecule has 2 amide bonds. The van der Waals surface area contributed by atoms with Gasteiger partial charge in [-0.3, -0.25) is 19.4 Å². The van der Waals surface area contributed by atoms with Gasteiger partial charge in [-0.1, -0.05) is 13.2 Å². The van der Waals surface area contributed by atoms with Crippen LogP contribution in [0.3, 0.4) is 0 Å². The highest BCUT2D eigenvalue weighted by atomic mass is 16.2. The molecule has 2 heterocycles. The summed E-state index contributed by atoms with van der Waals surface area (Å²) >= 11 is 0. The second-order valence-electron chi connectivity index (χ2n) is 2.73. The zero-order valence-electron chi connectivity index (χ0n) is 6.43. The Hall–Kier alpha value is -1.58. The van der Waals surface area contributed by atoms with Crippen LogP contribution in [0.1, 0.15) is 0 Å². The summed E-state index contributed by atoms with van der Waals surface area (Å²) in [7, 11) is 0. The predicted octanol–water partition coefficient (Wildman–Crippen LogP) is -0.305. The van der Waals surface area contributed by atoms with Crippen LogP contribution >= 0.6 is 0 Å². The smallest absolute Gasteiger partial charge is 0.249 e. The fraction of sp³-hybridized carbons (Fsp3) is 0.250. The van der Waals surface area contributed by atoms with E-state index < -0.39 is 0 Å². The fourth-order valence-corrected chi connectivity index (χ4v) is 1.34. The molecular weight excluding hydrogens is 156 g/mol. The van der Waals surface area contributed by atoms with Gasteiger partial charge in [-0.25, -0.2) is 0 Å². The van der Waals surface area contributed by atoms with E-state index in [1.807, 2.05) is 0 Å². The van der Waals surface area contributed by atoms with Gasteiger partial charge in [0.05, 0.1) is 0 Å². The van der Waals surface area contributed by atoms with Gasteiger partial charge in [-0.15, -0.1) is 0 Å². The van der Waals surface area contributed by atoms with Crippen molar-refractivity contribution in [1.29, 1.82) is 0 Å². The highest BCUT2D eigenvalue weighted by Gasteiger charge is 2.74. The maximum Gasteiger partial charge on any atom is 0.249 e. The van der Waals surface area contributed by atoms with Gasteiger partial charge < -0.3 is 0 Å². The molecule has 4 nitrogen and oxygen atoms in total. The minimum Gasteiger partial charge on any atom is -0.290 e. The Morgan fingerprint density at radius 3 is 1.58 bits per heavy atom. The lowest BCUT2D eigenvalue weighted by molar-refractivity contribution is -0.131. The largest absolute Gasteiger partial charge is 0.290 e. The second-order valence-corrected chi connectivity index (χ2v) is 2.73.